The van der Waals surface area contributed by atoms with Gasteiger partial charge in [0, 0.05) is 17.7 Å². The van der Waals surface area contributed by atoms with Gasteiger partial charge in [-0.2, -0.15) is 0 Å². The molecule has 0 saturated heterocycles. The fraction of sp³-hybridized carbons (Fsp3) is 0.167. The number of ketones is 1. The monoisotopic (exact) mass is 264 g/mol. The maximum atomic E-state index is 11.9. The number of carbonyl (C=O) groups is 1. The van der Waals surface area contributed by atoms with Crippen LogP contribution in [0.1, 0.15) is 27.0 Å². The number of aliphatic hydroxyl groups excluding tert-OH is 1. The molecule has 0 amide bonds. The minimum Gasteiger partial charge on any atom is -0.396 e. The Morgan fingerprint density at radius 1 is 1.05 bits per heavy atom. The predicted molar refractivity (Wildman–Crippen MR) is 79.6 cm³/mol. The van der Waals surface area contributed by atoms with Crippen LogP contribution in [0.2, 0.25) is 0 Å². The van der Waals surface area contributed by atoms with Gasteiger partial charge in [0.1, 0.15) is 0 Å². The Morgan fingerprint density at radius 3 is 2.30 bits per heavy atom. The van der Waals surface area contributed by atoms with E-state index in [2.05, 4.69) is 11.8 Å². The molecule has 0 bridgehead atoms. The second kappa shape index (κ2) is 6.70. The molecule has 0 saturated carbocycles. The lowest BCUT2D eigenvalue weighted by atomic mass is 10.1. The summed E-state index contributed by atoms with van der Waals surface area (Å²) in [6.07, 6.45) is 0.601. The van der Waals surface area contributed by atoms with Crippen LogP contribution in [0.4, 0.5) is 0 Å². The molecule has 1 N–H and O–H groups in total. The summed E-state index contributed by atoms with van der Waals surface area (Å²) in [6.45, 7) is 2.12. The number of carbonyl (C=O) groups excluding carboxylic acids is 1. The van der Waals surface area contributed by atoms with Gasteiger partial charge in [-0.15, -0.1) is 0 Å². The minimum absolute atomic E-state index is 0.112. The van der Waals surface area contributed by atoms with Crippen LogP contribution in [-0.2, 0) is 6.42 Å². The van der Waals surface area contributed by atoms with Gasteiger partial charge >= 0.3 is 0 Å². The Hall–Kier alpha value is -2.37. The van der Waals surface area contributed by atoms with E-state index in [4.69, 9.17) is 5.11 Å². The third-order valence-corrected chi connectivity index (χ3v) is 2.99. The van der Waals surface area contributed by atoms with E-state index in [9.17, 15) is 4.79 Å². The summed E-state index contributed by atoms with van der Waals surface area (Å²) < 4.78 is 0. The number of Topliss-reactive ketones (excluding diaryl/α,β-unsaturated/α-hetero) is 1. The molecule has 0 aromatic heterocycles. The van der Waals surface area contributed by atoms with Crippen LogP contribution < -0.4 is 0 Å². The van der Waals surface area contributed by atoms with Gasteiger partial charge in [-0.05, 0) is 37.0 Å². The Kier molecular flexibility index (Phi) is 4.70. The topological polar surface area (TPSA) is 37.3 Å². The molecule has 2 aromatic carbocycles. The molecule has 20 heavy (non-hydrogen) atoms. The number of hydrogen-bond acceptors (Lipinski definition) is 2. The van der Waals surface area contributed by atoms with E-state index < -0.39 is 0 Å². The van der Waals surface area contributed by atoms with E-state index >= 15 is 0 Å². The van der Waals surface area contributed by atoms with Gasteiger partial charge in [0.2, 0.25) is 5.78 Å². The number of aryl methyl sites for hydroxylation is 1. The van der Waals surface area contributed by atoms with Crippen molar-refractivity contribution in [2.75, 3.05) is 6.61 Å². The van der Waals surface area contributed by atoms with E-state index in [1.54, 1.807) is 12.1 Å². The molecule has 2 nitrogen and oxygen atoms in total. The van der Waals surface area contributed by atoms with Crippen molar-refractivity contribution in [2.45, 2.75) is 13.3 Å². The molecule has 2 rings (SSSR count). The predicted octanol–water partition coefficient (Wildman–Crippen LogP) is 2.76. The van der Waals surface area contributed by atoms with Gasteiger partial charge in [0.25, 0.3) is 0 Å². The molecule has 0 aliphatic carbocycles. The molecule has 0 heterocycles. The first-order valence-corrected chi connectivity index (χ1v) is 6.52. The van der Waals surface area contributed by atoms with E-state index in [1.807, 2.05) is 43.3 Å². The van der Waals surface area contributed by atoms with Crippen molar-refractivity contribution in [1.29, 1.82) is 0 Å². The van der Waals surface area contributed by atoms with Crippen LogP contribution in [-0.4, -0.2) is 17.5 Å². The van der Waals surface area contributed by atoms with E-state index in [-0.39, 0.29) is 12.4 Å². The van der Waals surface area contributed by atoms with Gasteiger partial charge in [0.05, 0.1) is 0 Å². The summed E-state index contributed by atoms with van der Waals surface area (Å²) >= 11 is 0. The molecule has 0 atom stereocenters. The first-order chi connectivity index (χ1) is 9.69. The number of rotatable bonds is 3. The van der Waals surface area contributed by atoms with Gasteiger partial charge in [-0.25, -0.2) is 0 Å². The zero-order valence-electron chi connectivity index (χ0n) is 11.4. The van der Waals surface area contributed by atoms with Crippen LogP contribution in [0.5, 0.6) is 0 Å². The fourth-order valence-corrected chi connectivity index (χ4v) is 1.79. The maximum absolute atomic E-state index is 11.9. The molecule has 0 fully saturated rings. The Bertz CT molecular complexity index is 641. The zero-order chi connectivity index (χ0) is 14.4. The van der Waals surface area contributed by atoms with Crippen LogP contribution >= 0.6 is 0 Å². The number of hydrogen-bond donors (Lipinski definition) is 1. The molecular weight excluding hydrogens is 248 g/mol. The zero-order valence-corrected chi connectivity index (χ0v) is 11.4. The summed E-state index contributed by atoms with van der Waals surface area (Å²) in [4.78, 5) is 11.9. The molecular formula is C18H16O2. The van der Waals surface area contributed by atoms with Crippen molar-refractivity contribution in [2.24, 2.45) is 0 Å². The quantitative estimate of drug-likeness (QED) is 0.683. The molecule has 0 aliphatic rings. The van der Waals surface area contributed by atoms with Gasteiger partial charge in [-0.3, -0.25) is 4.79 Å². The average molecular weight is 264 g/mol. The highest BCUT2D eigenvalue weighted by molar-refractivity contribution is 6.09. The molecule has 0 radical (unpaired) electrons. The van der Waals surface area contributed by atoms with E-state index in [0.717, 1.165) is 11.1 Å². The average Bonchev–Trinajstić information content (AvgIpc) is 2.47. The van der Waals surface area contributed by atoms with E-state index in [1.165, 1.54) is 5.56 Å². The summed E-state index contributed by atoms with van der Waals surface area (Å²) in [6, 6.07) is 14.9. The second-order valence-electron chi connectivity index (χ2n) is 4.62. The van der Waals surface area contributed by atoms with Crippen molar-refractivity contribution in [1.82, 2.24) is 0 Å². The van der Waals surface area contributed by atoms with Crippen molar-refractivity contribution in [3.8, 4) is 11.8 Å². The van der Waals surface area contributed by atoms with Crippen LogP contribution in [0, 0.1) is 18.8 Å². The SMILES string of the molecule is Cc1ccc(C#CC(=O)c2ccc(CCO)cc2)cc1. The molecule has 0 spiro atoms. The Labute approximate surface area is 119 Å². The highest BCUT2D eigenvalue weighted by Crippen LogP contribution is 2.06. The molecule has 2 aromatic rings. The van der Waals surface area contributed by atoms with E-state index in [0.29, 0.717) is 12.0 Å². The summed E-state index contributed by atoms with van der Waals surface area (Å²) in [5.41, 5.74) is 3.59. The second-order valence-corrected chi connectivity index (χ2v) is 4.62. The summed E-state index contributed by atoms with van der Waals surface area (Å²) in [5.74, 6) is 5.32. The standard InChI is InChI=1S/C18H16O2/c1-14-2-4-15(5-3-14)8-11-18(20)17-9-6-16(7-10-17)12-13-19/h2-7,9-10,19H,12-13H2,1H3. The smallest absolute Gasteiger partial charge is 0.236 e. The van der Waals surface area contributed by atoms with Gasteiger partial charge in [0.15, 0.2) is 0 Å². The van der Waals surface area contributed by atoms with Crippen molar-refractivity contribution < 1.29 is 9.90 Å². The third kappa shape index (κ3) is 3.81. The van der Waals surface area contributed by atoms with Crippen LogP contribution in [0.15, 0.2) is 48.5 Å². The first kappa shape index (κ1) is 14.0. The normalized spacial score (nSPS) is 9.70. The van der Waals surface area contributed by atoms with Crippen molar-refractivity contribution >= 4 is 5.78 Å². The highest BCUT2D eigenvalue weighted by atomic mass is 16.2. The first-order valence-electron chi connectivity index (χ1n) is 6.52. The van der Waals surface area contributed by atoms with Crippen molar-refractivity contribution in [3.05, 3.63) is 70.8 Å². The minimum atomic E-state index is -0.193. The number of benzene rings is 2. The Balaban J connectivity index is 2.10. The van der Waals surface area contributed by atoms with Crippen molar-refractivity contribution in [3.63, 3.8) is 0 Å². The fourth-order valence-electron chi connectivity index (χ4n) is 1.79. The number of aliphatic hydroxyl groups is 1. The summed E-state index contributed by atoms with van der Waals surface area (Å²) in [5, 5.41) is 8.84. The van der Waals surface area contributed by atoms with Crippen LogP contribution in [0.3, 0.4) is 0 Å². The van der Waals surface area contributed by atoms with Crippen LogP contribution in [0.25, 0.3) is 0 Å². The van der Waals surface area contributed by atoms with Gasteiger partial charge in [-0.1, -0.05) is 47.9 Å². The lowest BCUT2D eigenvalue weighted by molar-refractivity contribution is 0.105. The lowest BCUT2D eigenvalue weighted by Gasteiger charge is -1.98. The maximum Gasteiger partial charge on any atom is 0.236 e. The lowest BCUT2D eigenvalue weighted by Crippen LogP contribution is -1.96. The largest absolute Gasteiger partial charge is 0.396 e. The summed E-state index contributed by atoms with van der Waals surface area (Å²) in [7, 11) is 0. The molecule has 2 heteroatoms. The third-order valence-electron chi connectivity index (χ3n) is 2.99. The molecule has 100 valence electrons. The highest BCUT2D eigenvalue weighted by Gasteiger charge is 2.01. The Morgan fingerprint density at radius 2 is 1.70 bits per heavy atom. The molecule has 0 aliphatic heterocycles. The van der Waals surface area contributed by atoms with Gasteiger partial charge < -0.3 is 5.11 Å². The molecule has 0 unspecified atom stereocenters.